The number of piperidine rings is 1. The van der Waals surface area contributed by atoms with Gasteiger partial charge in [-0.25, -0.2) is 18.2 Å². The number of sulfone groups is 1. The number of hydrogen-bond donors (Lipinski definition) is 0. The third-order valence-electron chi connectivity index (χ3n) is 6.65. The fourth-order valence-electron chi connectivity index (χ4n) is 4.74. The van der Waals surface area contributed by atoms with Crippen LogP contribution in [-0.4, -0.2) is 57.4 Å². The van der Waals surface area contributed by atoms with E-state index < -0.39 is 15.4 Å². The number of ether oxygens (including phenoxy) is 1. The molecule has 3 aromatic heterocycles. The van der Waals surface area contributed by atoms with Gasteiger partial charge < -0.3 is 14.2 Å². The van der Waals surface area contributed by atoms with Crippen molar-refractivity contribution in [1.29, 1.82) is 0 Å². The number of nitrogens with zero attached hydrogens (tertiary/aromatic N) is 5. The SMILES string of the molecule is Cn1c(S(=O)(=O)c2ccccc2)c(I)c2cc(-c3cnn(C4CCN(C(=O)OC(C)(C)C)CC4)c3)cnc21. The number of likely N-dealkylation sites (tertiary alicyclic amines) is 1. The molecule has 1 saturated heterocycles. The second-order valence-corrected chi connectivity index (χ2v) is 13.4. The molecular weight excluding hydrogens is 617 g/mol. The zero-order valence-corrected chi connectivity index (χ0v) is 24.7. The molecule has 1 aromatic carbocycles. The summed E-state index contributed by atoms with van der Waals surface area (Å²) in [5.74, 6) is 0. The second-order valence-electron chi connectivity index (χ2n) is 10.5. The molecule has 1 fully saturated rings. The number of rotatable bonds is 4. The van der Waals surface area contributed by atoms with E-state index in [0.717, 1.165) is 29.4 Å². The van der Waals surface area contributed by atoms with Gasteiger partial charge in [-0.3, -0.25) is 4.68 Å². The maximum Gasteiger partial charge on any atom is 0.410 e. The first-order valence-electron chi connectivity index (χ1n) is 12.4. The maximum atomic E-state index is 13.4. The average Bonchev–Trinajstić information content (AvgIpc) is 3.47. The molecule has 0 bridgehead atoms. The summed E-state index contributed by atoms with van der Waals surface area (Å²) in [4.78, 5) is 19.0. The van der Waals surface area contributed by atoms with Gasteiger partial charge in [-0.05, 0) is 74.4 Å². The Morgan fingerprint density at radius 1 is 1.08 bits per heavy atom. The van der Waals surface area contributed by atoms with Gasteiger partial charge in [0.2, 0.25) is 9.84 Å². The molecule has 9 nitrogen and oxygen atoms in total. The number of pyridine rings is 1. The molecule has 4 aromatic rings. The normalized spacial score (nSPS) is 15.2. The third kappa shape index (κ3) is 5.05. The Morgan fingerprint density at radius 2 is 1.76 bits per heavy atom. The lowest BCUT2D eigenvalue weighted by Crippen LogP contribution is -2.42. The summed E-state index contributed by atoms with van der Waals surface area (Å²) >= 11 is 2.10. The van der Waals surface area contributed by atoms with E-state index in [1.165, 1.54) is 0 Å². The topological polar surface area (TPSA) is 99.3 Å². The van der Waals surface area contributed by atoms with Crippen LogP contribution in [0.5, 0.6) is 0 Å². The fourth-order valence-corrected chi connectivity index (χ4v) is 7.90. The Balaban J connectivity index is 1.38. The van der Waals surface area contributed by atoms with Gasteiger partial charge in [-0.2, -0.15) is 5.10 Å². The monoisotopic (exact) mass is 647 g/mol. The van der Waals surface area contributed by atoms with Gasteiger partial charge in [-0.1, -0.05) is 18.2 Å². The smallest absolute Gasteiger partial charge is 0.410 e. The minimum absolute atomic E-state index is 0.179. The number of carbonyl (C=O) groups is 1. The van der Waals surface area contributed by atoms with Gasteiger partial charge >= 0.3 is 6.09 Å². The van der Waals surface area contributed by atoms with Crippen LogP contribution in [0.2, 0.25) is 0 Å². The molecule has 0 unspecified atom stereocenters. The van der Waals surface area contributed by atoms with Gasteiger partial charge in [-0.15, -0.1) is 0 Å². The summed E-state index contributed by atoms with van der Waals surface area (Å²) in [7, 11) is -1.98. The standard InChI is InChI=1S/C27H30IN5O4S/c1-27(2,3)37-26(34)32-12-10-20(11-13-32)33-17-19(16-30-33)18-14-22-23(28)25(31(4)24(22)29-15-18)38(35,36)21-8-6-5-7-9-21/h5-9,14-17,20H,10-13H2,1-4H3. The van der Waals surface area contributed by atoms with E-state index in [-0.39, 0.29) is 22.1 Å². The number of fused-ring (bicyclic) bond motifs is 1. The molecule has 0 saturated carbocycles. The van der Waals surface area contributed by atoms with E-state index in [4.69, 9.17) is 4.74 Å². The number of aryl methyl sites for hydroxylation is 1. The minimum Gasteiger partial charge on any atom is -0.444 e. The van der Waals surface area contributed by atoms with E-state index >= 15 is 0 Å². The molecule has 5 rings (SSSR count). The lowest BCUT2D eigenvalue weighted by molar-refractivity contribution is 0.0185. The number of hydrogen-bond acceptors (Lipinski definition) is 6. The summed E-state index contributed by atoms with van der Waals surface area (Å²) in [6, 6.07) is 10.6. The van der Waals surface area contributed by atoms with E-state index in [1.54, 1.807) is 59.2 Å². The highest BCUT2D eigenvalue weighted by Gasteiger charge is 2.29. The Kier molecular flexibility index (Phi) is 7.01. The van der Waals surface area contributed by atoms with Crippen LogP contribution in [0.1, 0.15) is 39.7 Å². The van der Waals surface area contributed by atoms with Crippen molar-refractivity contribution < 1.29 is 17.9 Å². The van der Waals surface area contributed by atoms with Crippen LogP contribution in [0.25, 0.3) is 22.2 Å². The first kappa shape index (κ1) is 26.7. The molecule has 200 valence electrons. The molecule has 11 heteroatoms. The summed E-state index contributed by atoms with van der Waals surface area (Å²) in [5, 5.41) is 5.61. The molecule has 0 radical (unpaired) electrons. The predicted molar refractivity (Wildman–Crippen MR) is 153 cm³/mol. The van der Waals surface area contributed by atoms with Gasteiger partial charge in [0.15, 0.2) is 5.03 Å². The van der Waals surface area contributed by atoms with Crippen LogP contribution in [0.4, 0.5) is 4.79 Å². The molecule has 38 heavy (non-hydrogen) atoms. The summed E-state index contributed by atoms with van der Waals surface area (Å²) in [6.07, 6.45) is 6.85. The Labute approximate surface area is 235 Å². The van der Waals surface area contributed by atoms with Gasteiger partial charge in [0.1, 0.15) is 11.2 Å². The number of halogens is 1. The summed E-state index contributed by atoms with van der Waals surface area (Å²) in [5.41, 5.74) is 1.86. The van der Waals surface area contributed by atoms with Crippen molar-refractivity contribution in [2.45, 2.75) is 55.2 Å². The van der Waals surface area contributed by atoms with E-state index in [1.807, 2.05) is 37.7 Å². The lowest BCUT2D eigenvalue weighted by Gasteiger charge is -2.33. The van der Waals surface area contributed by atoms with Crippen molar-refractivity contribution in [3.8, 4) is 11.1 Å². The number of carbonyl (C=O) groups excluding carboxylic acids is 1. The van der Waals surface area contributed by atoms with E-state index in [9.17, 15) is 13.2 Å². The predicted octanol–water partition coefficient (Wildman–Crippen LogP) is 5.45. The molecule has 0 aliphatic carbocycles. The molecular formula is C27H30IN5O4S. The van der Waals surface area contributed by atoms with Crippen molar-refractivity contribution in [2.24, 2.45) is 7.05 Å². The lowest BCUT2D eigenvalue weighted by atomic mass is 10.1. The Bertz CT molecular complexity index is 1600. The average molecular weight is 648 g/mol. The second kappa shape index (κ2) is 9.99. The minimum atomic E-state index is -3.71. The van der Waals surface area contributed by atoms with Crippen molar-refractivity contribution in [2.75, 3.05) is 13.1 Å². The molecule has 1 aliphatic heterocycles. The van der Waals surface area contributed by atoms with Gasteiger partial charge in [0.25, 0.3) is 0 Å². The molecule has 1 amide bonds. The van der Waals surface area contributed by atoms with Crippen LogP contribution >= 0.6 is 22.6 Å². The summed E-state index contributed by atoms with van der Waals surface area (Å²) in [6.45, 7) is 6.84. The molecule has 0 spiro atoms. The molecule has 0 N–H and O–H groups in total. The molecule has 1 aliphatic rings. The van der Waals surface area contributed by atoms with Crippen molar-refractivity contribution >= 4 is 49.6 Å². The number of aromatic nitrogens is 4. The Morgan fingerprint density at radius 3 is 2.42 bits per heavy atom. The van der Waals surface area contributed by atoms with Crippen LogP contribution in [-0.2, 0) is 21.6 Å². The highest BCUT2D eigenvalue weighted by Crippen LogP contribution is 2.35. The van der Waals surface area contributed by atoms with E-state index in [0.29, 0.717) is 22.3 Å². The van der Waals surface area contributed by atoms with Crippen molar-refractivity contribution in [3.05, 3.63) is 58.6 Å². The number of benzene rings is 1. The zero-order chi connectivity index (χ0) is 27.2. The first-order chi connectivity index (χ1) is 18.0. The van der Waals surface area contributed by atoms with Gasteiger partial charge in [0, 0.05) is 49.0 Å². The first-order valence-corrected chi connectivity index (χ1v) is 15.0. The Hall–Kier alpha value is -2.93. The van der Waals surface area contributed by atoms with Gasteiger partial charge in [0.05, 0.1) is 20.7 Å². The third-order valence-corrected chi connectivity index (χ3v) is 9.98. The van der Waals surface area contributed by atoms with Crippen molar-refractivity contribution in [3.63, 3.8) is 0 Å². The molecule has 4 heterocycles. The summed E-state index contributed by atoms with van der Waals surface area (Å²) < 4.78 is 36.6. The fraction of sp³-hybridized carbons (Fsp3) is 0.370. The van der Waals surface area contributed by atoms with Crippen molar-refractivity contribution in [1.82, 2.24) is 24.2 Å². The highest BCUT2D eigenvalue weighted by molar-refractivity contribution is 14.1. The van der Waals surface area contributed by atoms with Crippen LogP contribution in [0.15, 0.2) is 64.9 Å². The van der Waals surface area contributed by atoms with Crippen LogP contribution in [0, 0.1) is 3.57 Å². The van der Waals surface area contributed by atoms with Crippen LogP contribution < -0.4 is 0 Å². The zero-order valence-electron chi connectivity index (χ0n) is 21.8. The molecule has 0 atom stereocenters. The number of amides is 1. The maximum absolute atomic E-state index is 13.4. The quantitative estimate of drug-likeness (QED) is 0.274. The largest absolute Gasteiger partial charge is 0.444 e. The van der Waals surface area contributed by atoms with Crippen LogP contribution in [0.3, 0.4) is 0 Å². The highest BCUT2D eigenvalue weighted by atomic mass is 127. The van der Waals surface area contributed by atoms with E-state index in [2.05, 4.69) is 32.7 Å².